The van der Waals surface area contributed by atoms with E-state index in [2.05, 4.69) is 17.1 Å². The largest absolute Gasteiger partial charge is 0.469 e. The first-order valence-electron chi connectivity index (χ1n) is 6.00. The third-order valence-electron chi connectivity index (χ3n) is 3.57. The van der Waals surface area contributed by atoms with Crippen molar-refractivity contribution in [2.75, 3.05) is 27.0 Å². The van der Waals surface area contributed by atoms with Crippen LogP contribution in [0.5, 0.6) is 0 Å². The van der Waals surface area contributed by atoms with E-state index in [0.29, 0.717) is 6.79 Å². The summed E-state index contributed by atoms with van der Waals surface area (Å²) >= 11 is 0. The van der Waals surface area contributed by atoms with Crippen LogP contribution in [-0.4, -0.2) is 48.6 Å². The number of rotatable bonds is 4. The summed E-state index contributed by atoms with van der Waals surface area (Å²) in [7, 11) is 2.02. The van der Waals surface area contributed by atoms with E-state index in [9.17, 15) is 5.11 Å². The molecule has 4 heteroatoms. The predicted octanol–water partition coefficient (Wildman–Crippen LogP) is 1.28. The molecule has 0 amide bonds. The topological polar surface area (TPSA) is 41.9 Å². The third-order valence-corrected chi connectivity index (χ3v) is 3.57. The van der Waals surface area contributed by atoms with E-state index in [1.165, 1.54) is 5.57 Å². The maximum Gasteiger partial charge on any atom is 0.189 e. The van der Waals surface area contributed by atoms with Gasteiger partial charge in [-0.1, -0.05) is 6.08 Å². The van der Waals surface area contributed by atoms with Gasteiger partial charge in [0.2, 0.25) is 0 Å². The van der Waals surface area contributed by atoms with Crippen LogP contribution in [0.2, 0.25) is 0 Å². The number of hydrogen-bond donors (Lipinski definition) is 1. The number of aliphatic hydroxyl groups is 1. The molecule has 1 saturated heterocycles. The van der Waals surface area contributed by atoms with Gasteiger partial charge in [0, 0.05) is 12.1 Å². The number of hydrogen-bond acceptors (Lipinski definition) is 4. The van der Waals surface area contributed by atoms with Crippen molar-refractivity contribution in [1.82, 2.24) is 4.90 Å². The van der Waals surface area contributed by atoms with Crippen molar-refractivity contribution in [2.45, 2.75) is 31.9 Å². The number of likely N-dealkylation sites (N-methyl/N-ethyl adjacent to an activating group) is 1. The Labute approximate surface area is 103 Å². The van der Waals surface area contributed by atoms with Crippen molar-refractivity contribution >= 4 is 0 Å². The molecular weight excluding hydrogens is 218 g/mol. The quantitative estimate of drug-likeness (QED) is 0.802. The van der Waals surface area contributed by atoms with Gasteiger partial charge >= 0.3 is 0 Å². The Hall–Kier alpha value is -0.840. The SMILES string of the molecule is CN(CC1=CCC2OCOC2=C1)C(C)(C)CO. The minimum absolute atomic E-state index is 0.120. The van der Waals surface area contributed by atoms with Gasteiger partial charge in [0.1, 0.15) is 11.9 Å². The molecule has 96 valence electrons. The van der Waals surface area contributed by atoms with E-state index in [1.807, 2.05) is 20.9 Å². The number of fused-ring (bicyclic) bond motifs is 1. The van der Waals surface area contributed by atoms with Crippen molar-refractivity contribution < 1.29 is 14.6 Å². The second-order valence-corrected chi connectivity index (χ2v) is 5.31. The molecule has 0 saturated carbocycles. The molecule has 1 unspecified atom stereocenters. The van der Waals surface area contributed by atoms with Gasteiger partial charge in [0.15, 0.2) is 6.79 Å². The zero-order chi connectivity index (χ0) is 12.5. The van der Waals surface area contributed by atoms with Crippen LogP contribution in [0.1, 0.15) is 20.3 Å². The fraction of sp³-hybridized carbons (Fsp3) is 0.692. The maximum atomic E-state index is 9.32. The first-order chi connectivity index (χ1) is 8.03. The van der Waals surface area contributed by atoms with Gasteiger partial charge in [0.05, 0.1) is 6.61 Å². The highest BCUT2D eigenvalue weighted by Crippen LogP contribution is 2.27. The van der Waals surface area contributed by atoms with E-state index in [0.717, 1.165) is 18.7 Å². The predicted molar refractivity (Wildman–Crippen MR) is 65.4 cm³/mol. The second-order valence-electron chi connectivity index (χ2n) is 5.31. The highest BCUT2D eigenvalue weighted by molar-refractivity contribution is 5.30. The molecule has 2 aliphatic rings. The molecule has 1 aliphatic heterocycles. The summed E-state index contributed by atoms with van der Waals surface area (Å²) < 4.78 is 10.8. The van der Waals surface area contributed by atoms with Crippen LogP contribution >= 0.6 is 0 Å². The lowest BCUT2D eigenvalue weighted by atomic mass is 10.00. The minimum atomic E-state index is -0.205. The normalized spacial score (nSPS) is 24.2. The molecule has 0 aromatic heterocycles. The van der Waals surface area contributed by atoms with E-state index in [-0.39, 0.29) is 18.2 Å². The van der Waals surface area contributed by atoms with Gasteiger partial charge in [0.25, 0.3) is 0 Å². The van der Waals surface area contributed by atoms with Gasteiger partial charge in [-0.3, -0.25) is 4.90 Å². The fourth-order valence-corrected chi connectivity index (χ4v) is 1.90. The zero-order valence-electron chi connectivity index (χ0n) is 10.8. The minimum Gasteiger partial charge on any atom is -0.469 e. The molecule has 0 bridgehead atoms. The molecule has 1 fully saturated rings. The summed E-state index contributed by atoms with van der Waals surface area (Å²) in [6.07, 6.45) is 5.25. The van der Waals surface area contributed by atoms with Crippen LogP contribution in [-0.2, 0) is 9.47 Å². The maximum absolute atomic E-state index is 9.32. The van der Waals surface area contributed by atoms with E-state index < -0.39 is 0 Å². The summed E-state index contributed by atoms with van der Waals surface area (Å²) in [5.41, 5.74) is 1.02. The smallest absolute Gasteiger partial charge is 0.189 e. The average Bonchev–Trinajstić information content (AvgIpc) is 2.76. The molecule has 1 atom stereocenters. The van der Waals surface area contributed by atoms with Gasteiger partial charge < -0.3 is 14.6 Å². The Morgan fingerprint density at radius 3 is 3.00 bits per heavy atom. The van der Waals surface area contributed by atoms with Crippen molar-refractivity contribution in [2.24, 2.45) is 0 Å². The van der Waals surface area contributed by atoms with E-state index >= 15 is 0 Å². The van der Waals surface area contributed by atoms with E-state index in [4.69, 9.17) is 9.47 Å². The van der Waals surface area contributed by atoms with Crippen LogP contribution in [0, 0.1) is 0 Å². The number of aliphatic hydroxyl groups excluding tert-OH is 1. The summed E-state index contributed by atoms with van der Waals surface area (Å²) in [5.74, 6) is 0.942. The monoisotopic (exact) mass is 239 g/mol. The van der Waals surface area contributed by atoms with Crippen molar-refractivity contribution in [3.05, 3.63) is 23.5 Å². The zero-order valence-corrected chi connectivity index (χ0v) is 10.8. The summed E-state index contributed by atoms with van der Waals surface area (Å²) in [6.45, 7) is 5.39. The van der Waals surface area contributed by atoms with Crippen molar-refractivity contribution in [3.8, 4) is 0 Å². The Morgan fingerprint density at radius 1 is 1.53 bits per heavy atom. The molecule has 0 aromatic carbocycles. The average molecular weight is 239 g/mol. The van der Waals surface area contributed by atoms with E-state index in [1.54, 1.807) is 0 Å². The van der Waals surface area contributed by atoms with Gasteiger partial charge in [-0.2, -0.15) is 0 Å². The summed E-state index contributed by atoms with van der Waals surface area (Å²) in [4.78, 5) is 2.14. The van der Waals surface area contributed by atoms with Gasteiger partial charge in [-0.25, -0.2) is 0 Å². The Bertz CT molecular complexity index is 347. The lowest BCUT2D eigenvalue weighted by Gasteiger charge is -2.34. The Balaban J connectivity index is 1.99. The molecule has 1 aliphatic carbocycles. The Morgan fingerprint density at radius 2 is 2.29 bits per heavy atom. The Kier molecular flexibility index (Phi) is 3.56. The molecule has 1 heterocycles. The summed E-state index contributed by atoms with van der Waals surface area (Å²) in [6, 6.07) is 0. The third kappa shape index (κ3) is 2.70. The number of ether oxygens (including phenoxy) is 2. The molecule has 1 N–H and O–H groups in total. The first kappa shape index (κ1) is 12.6. The standard InChI is InChI=1S/C13H21NO3/c1-13(2,8-15)14(3)7-10-4-5-11-12(6-10)17-9-16-11/h4,6,11,15H,5,7-9H2,1-3H3. The lowest BCUT2D eigenvalue weighted by molar-refractivity contribution is 0.0508. The fourth-order valence-electron chi connectivity index (χ4n) is 1.90. The molecule has 0 radical (unpaired) electrons. The molecule has 0 spiro atoms. The van der Waals surface area contributed by atoms with Crippen LogP contribution in [0.3, 0.4) is 0 Å². The van der Waals surface area contributed by atoms with Crippen LogP contribution in [0.4, 0.5) is 0 Å². The molecule has 17 heavy (non-hydrogen) atoms. The molecule has 4 nitrogen and oxygen atoms in total. The second kappa shape index (κ2) is 4.80. The summed E-state index contributed by atoms with van der Waals surface area (Å²) in [5, 5.41) is 9.32. The van der Waals surface area contributed by atoms with Crippen molar-refractivity contribution in [3.63, 3.8) is 0 Å². The van der Waals surface area contributed by atoms with Crippen LogP contribution in [0.25, 0.3) is 0 Å². The molecule has 2 rings (SSSR count). The van der Waals surface area contributed by atoms with Crippen molar-refractivity contribution in [1.29, 1.82) is 0 Å². The van der Waals surface area contributed by atoms with Gasteiger partial charge in [-0.05, 0) is 39.0 Å². The highest BCUT2D eigenvalue weighted by Gasteiger charge is 2.28. The first-order valence-corrected chi connectivity index (χ1v) is 6.00. The lowest BCUT2D eigenvalue weighted by Crippen LogP contribution is -2.45. The van der Waals surface area contributed by atoms with Crippen LogP contribution < -0.4 is 0 Å². The van der Waals surface area contributed by atoms with Crippen LogP contribution in [0.15, 0.2) is 23.5 Å². The molecule has 0 aromatic rings. The highest BCUT2D eigenvalue weighted by atomic mass is 16.7. The van der Waals surface area contributed by atoms with Gasteiger partial charge in [-0.15, -0.1) is 0 Å². The molecular formula is C13H21NO3. The number of nitrogens with zero attached hydrogens (tertiary/aromatic N) is 1.